The molecule has 0 aliphatic carbocycles. The quantitative estimate of drug-likeness (QED) is 0.624. The molecule has 0 aliphatic heterocycles. The molecule has 0 bridgehead atoms. The maximum Gasteiger partial charge on any atom is 0.420 e. The highest BCUT2D eigenvalue weighted by molar-refractivity contribution is 5.83. The number of hydrogen-bond acceptors (Lipinski definition) is 6. The summed E-state index contributed by atoms with van der Waals surface area (Å²) in [5.41, 5.74) is 1.75. The lowest BCUT2D eigenvalue weighted by Crippen LogP contribution is -2.36. The van der Waals surface area contributed by atoms with Gasteiger partial charge in [0.25, 0.3) is 5.91 Å². The molecule has 1 amide bonds. The molecule has 28 heavy (non-hydrogen) atoms. The molecule has 0 fully saturated rings. The van der Waals surface area contributed by atoms with Gasteiger partial charge < -0.3 is 19.2 Å². The van der Waals surface area contributed by atoms with Crippen LogP contribution in [0.2, 0.25) is 0 Å². The summed E-state index contributed by atoms with van der Waals surface area (Å²) in [6.07, 6.45) is -1.00. The minimum Gasteiger partial charge on any atom is -0.497 e. The Morgan fingerprint density at radius 1 is 1.14 bits per heavy atom. The van der Waals surface area contributed by atoms with Crippen molar-refractivity contribution >= 4 is 23.0 Å². The van der Waals surface area contributed by atoms with Gasteiger partial charge in [-0.1, -0.05) is 24.3 Å². The van der Waals surface area contributed by atoms with Crippen molar-refractivity contribution in [3.8, 4) is 5.75 Å². The van der Waals surface area contributed by atoms with E-state index in [1.807, 2.05) is 12.1 Å². The Balaban J connectivity index is 1.55. The van der Waals surface area contributed by atoms with Crippen molar-refractivity contribution in [2.45, 2.75) is 26.1 Å². The molecule has 1 N–H and O–H groups in total. The molecule has 0 aliphatic rings. The van der Waals surface area contributed by atoms with Gasteiger partial charge in [-0.15, -0.1) is 0 Å². The number of nitrogens with one attached hydrogen (secondary N) is 1. The number of rotatable bonds is 7. The van der Waals surface area contributed by atoms with E-state index in [2.05, 4.69) is 5.32 Å². The average molecular weight is 384 g/mol. The smallest absolute Gasteiger partial charge is 0.420 e. The van der Waals surface area contributed by atoms with Gasteiger partial charge in [-0.2, -0.15) is 0 Å². The van der Waals surface area contributed by atoms with Crippen molar-refractivity contribution in [1.82, 2.24) is 9.88 Å². The Bertz CT molecular complexity index is 1030. The number of fused-ring (bicyclic) bond motifs is 1. The fraction of sp³-hybridized carbons (Fsp3) is 0.250. The van der Waals surface area contributed by atoms with Gasteiger partial charge in [0.2, 0.25) is 0 Å². The zero-order valence-electron chi connectivity index (χ0n) is 15.5. The number of oxazole rings is 1. The van der Waals surface area contributed by atoms with Crippen molar-refractivity contribution in [3.63, 3.8) is 0 Å². The van der Waals surface area contributed by atoms with Crippen LogP contribution in [0.1, 0.15) is 12.5 Å². The fourth-order valence-corrected chi connectivity index (χ4v) is 2.66. The van der Waals surface area contributed by atoms with Crippen molar-refractivity contribution < 1.29 is 23.5 Å². The second-order valence-corrected chi connectivity index (χ2v) is 6.12. The van der Waals surface area contributed by atoms with Gasteiger partial charge in [-0.3, -0.25) is 14.2 Å². The van der Waals surface area contributed by atoms with Crippen LogP contribution >= 0.6 is 0 Å². The van der Waals surface area contributed by atoms with Gasteiger partial charge in [-0.25, -0.2) is 4.79 Å². The molecule has 0 spiro atoms. The summed E-state index contributed by atoms with van der Waals surface area (Å²) in [5, 5.41) is 2.70. The van der Waals surface area contributed by atoms with Gasteiger partial charge >= 0.3 is 11.7 Å². The molecular formula is C20H20N2O6. The van der Waals surface area contributed by atoms with Gasteiger partial charge in [0.15, 0.2) is 11.7 Å². The van der Waals surface area contributed by atoms with Crippen LogP contribution in [0.25, 0.3) is 11.1 Å². The van der Waals surface area contributed by atoms with Crippen molar-refractivity contribution in [2.24, 2.45) is 0 Å². The lowest BCUT2D eigenvalue weighted by molar-refractivity contribution is -0.155. The van der Waals surface area contributed by atoms with E-state index < -0.39 is 23.7 Å². The van der Waals surface area contributed by atoms with E-state index in [4.69, 9.17) is 13.9 Å². The van der Waals surface area contributed by atoms with E-state index in [0.717, 1.165) is 11.3 Å². The van der Waals surface area contributed by atoms with Gasteiger partial charge in [-0.05, 0) is 36.8 Å². The molecule has 8 nitrogen and oxygen atoms in total. The molecule has 0 radical (unpaired) electrons. The molecule has 3 rings (SSSR count). The third-order valence-electron chi connectivity index (χ3n) is 4.16. The van der Waals surface area contributed by atoms with Crippen molar-refractivity contribution in [2.75, 3.05) is 7.11 Å². The monoisotopic (exact) mass is 384 g/mol. The maximum atomic E-state index is 12.2. The first-order chi connectivity index (χ1) is 13.5. The van der Waals surface area contributed by atoms with E-state index in [1.165, 1.54) is 11.5 Å². The number of benzene rings is 2. The lowest BCUT2D eigenvalue weighted by atomic mass is 10.2. The largest absolute Gasteiger partial charge is 0.497 e. The van der Waals surface area contributed by atoms with Crippen LogP contribution < -0.4 is 15.8 Å². The Morgan fingerprint density at radius 2 is 1.86 bits per heavy atom. The third kappa shape index (κ3) is 4.40. The molecule has 3 aromatic rings. The highest BCUT2D eigenvalue weighted by Crippen LogP contribution is 2.12. The number of esters is 1. The molecule has 8 heteroatoms. The van der Waals surface area contributed by atoms with Crippen LogP contribution in [0.4, 0.5) is 0 Å². The Hall–Kier alpha value is -3.55. The van der Waals surface area contributed by atoms with E-state index in [0.29, 0.717) is 11.1 Å². The van der Waals surface area contributed by atoms with Crippen LogP contribution in [-0.2, 0) is 27.4 Å². The van der Waals surface area contributed by atoms with Crippen molar-refractivity contribution in [3.05, 3.63) is 64.6 Å². The minimum absolute atomic E-state index is 0.288. The number of amides is 1. The molecule has 1 heterocycles. The number of carbonyl (C=O) groups is 2. The number of ether oxygens (including phenoxy) is 2. The molecule has 0 saturated heterocycles. The van der Waals surface area contributed by atoms with Gasteiger partial charge in [0.05, 0.1) is 12.6 Å². The lowest BCUT2D eigenvalue weighted by Gasteiger charge is -2.14. The van der Waals surface area contributed by atoms with Crippen LogP contribution in [0.5, 0.6) is 5.75 Å². The summed E-state index contributed by atoms with van der Waals surface area (Å²) in [6.45, 7) is 1.42. The summed E-state index contributed by atoms with van der Waals surface area (Å²) in [5.74, 6) is -1.08. The summed E-state index contributed by atoms with van der Waals surface area (Å²) in [7, 11) is 1.58. The Kier molecular flexibility index (Phi) is 5.78. The number of para-hydroxylation sites is 2. The van der Waals surface area contributed by atoms with Crippen LogP contribution in [0.15, 0.2) is 57.7 Å². The number of aromatic nitrogens is 1. The Morgan fingerprint density at radius 3 is 2.57 bits per heavy atom. The zero-order valence-corrected chi connectivity index (χ0v) is 15.5. The molecule has 0 unspecified atom stereocenters. The average Bonchev–Trinajstić information content (AvgIpc) is 3.01. The fourth-order valence-electron chi connectivity index (χ4n) is 2.66. The van der Waals surface area contributed by atoms with Crippen LogP contribution in [0, 0.1) is 0 Å². The van der Waals surface area contributed by atoms with Crippen LogP contribution in [-0.4, -0.2) is 29.7 Å². The molecule has 1 aromatic heterocycles. The summed E-state index contributed by atoms with van der Waals surface area (Å²) >= 11 is 0. The standard InChI is InChI=1S/C20H20N2O6/c1-13(19(24)21-11-14-7-9-15(26-2)10-8-14)27-18(23)12-22-16-5-3-4-6-17(16)28-20(22)25/h3-10,13H,11-12H2,1-2H3,(H,21,24)/t13-/m0/s1. The van der Waals surface area contributed by atoms with E-state index in [-0.39, 0.29) is 13.1 Å². The number of carbonyl (C=O) groups excluding carboxylic acids is 2. The second-order valence-electron chi connectivity index (χ2n) is 6.12. The van der Waals surface area contributed by atoms with Crippen LogP contribution in [0.3, 0.4) is 0 Å². The predicted octanol–water partition coefficient (Wildman–Crippen LogP) is 1.85. The first kappa shape index (κ1) is 19.2. The van der Waals surface area contributed by atoms with Crippen molar-refractivity contribution in [1.29, 1.82) is 0 Å². The predicted molar refractivity (Wildman–Crippen MR) is 101 cm³/mol. The molecule has 0 saturated carbocycles. The highest BCUT2D eigenvalue weighted by Gasteiger charge is 2.19. The summed E-state index contributed by atoms with van der Waals surface area (Å²) in [4.78, 5) is 36.2. The minimum atomic E-state index is -1.00. The first-order valence-electron chi connectivity index (χ1n) is 8.66. The molecular weight excluding hydrogens is 364 g/mol. The highest BCUT2D eigenvalue weighted by atomic mass is 16.5. The van der Waals surface area contributed by atoms with E-state index in [9.17, 15) is 14.4 Å². The topological polar surface area (TPSA) is 99.8 Å². The summed E-state index contributed by atoms with van der Waals surface area (Å²) < 4.78 is 16.5. The number of hydrogen-bond donors (Lipinski definition) is 1. The Labute approximate surface area is 160 Å². The summed E-state index contributed by atoms with van der Waals surface area (Å²) in [6, 6.07) is 14.0. The number of methoxy groups -OCH3 is 1. The molecule has 1 atom stereocenters. The molecule has 2 aromatic carbocycles. The number of nitrogens with zero attached hydrogens (tertiary/aromatic N) is 1. The van der Waals surface area contributed by atoms with Gasteiger partial charge in [0.1, 0.15) is 12.3 Å². The second kappa shape index (κ2) is 8.43. The maximum absolute atomic E-state index is 12.2. The SMILES string of the molecule is COc1ccc(CNC(=O)[C@H](C)OC(=O)Cn2c(=O)oc3ccccc32)cc1. The van der Waals surface area contributed by atoms with E-state index >= 15 is 0 Å². The normalized spacial score (nSPS) is 11.8. The third-order valence-corrected chi connectivity index (χ3v) is 4.16. The van der Waals surface area contributed by atoms with Gasteiger partial charge in [0, 0.05) is 6.54 Å². The molecule has 146 valence electrons. The van der Waals surface area contributed by atoms with E-state index in [1.54, 1.807) is 43.5 Å². The first-order valence-corrected chi connectivity index (χ1v) is 8.66. The zero-order chi connectivity index (χ0) is 20.1.